The molecule has 10 heavy (non-hydrogen) atoms. The minimum Gasteiger partial charge on any atom is -0.290 e. The van der Waals surface area contributed by atoms with E-state index in [9.17, 15) is 9.59 Å². The van der Waals surface area contributed by atoms with E-state index in [4.69, 9.17) is 0 Å². The Kier molecular flexibility index (Phi) is 2.34. The second-order valence-electron chi connectivity index (χ2n) is 1.68. The van der Waals surface area contributed by atoms with E-state index in [0.717, 1.165) is 0 Å². The van der Waals surface area contributed by atoms with Crippen molar-refractivity contribution in [2.75, 3.05) is 0 Å². The van der Waals surface area contributed by atoms with Crippen LogP contribution in [0, 0.1) is 0 Å². The molecular formula is C7H4O2S. The van der Waals surface area contributed by atoms with Gasteiger partial charge in [0, 0.05) is 4.88 Å². The van der Waals surface area contributed by atoms with E-state index >= 15 is 0 Å². The van der Waals surface area contributed by atoms with Crippen molar-refractivity contribution in [2.45, 2.75) is 5.92 Å². The predicted octanol–water partition coefficient (Wildman–Crippen LogP) is 1.05. The van der Waals surface area contributed by atoms with Crippen LogP contribution in [0.3, 0.4) is 0 Å². The van der Waals surface area contributed by atoms with Gasteiger partial charge in [0.25, 0.3) is 0 Å². The highest BCUT2D eigenvalue weighted by Gasteiger charge is 2.10. The minimum absolute atomic E-state index is 0.699. The van der Waals surface area contributed by atoms with Gasteiger partial charge < -0.3 is 0 Å². The molecule has 0 aliphatic heterocycles. The van der Waals surface area contributed by atoms with Crippen LogP contribution in [0.25, 0.3) is 0 Å². The topological polar surface area (TPSA) is 34.1 Å². The van der Waals surface area contributed by atoms with Crippen molar-refractivity contribution >= 4 is 23.9 Å². The molecule has 0 amide bonds. The van der Waals surface area contributed by atoms with Gasteiger partial charge in [-0.1, -0.05) is 6.07 Å². The SMILES string of the molecule is O=[C]C([C]=O)c1cccs1. The summed E-state index contributed by atoms with van der Waals surface area (Å²) in [7, 11) is 0. The van der Waals surface area contributed by atoms with E-state index in [0.29, 0.717) is 4.88 Å². The summed E-state index contributed by atoms with van der Waals surface area (Å²) in [4.78, 5) is 20.8. The maximum Gasteiger partial charge on any atom is 0.215 e. The van der Waals surface area contributed by atoms with E-state index in [-0.39, 0.29) is 0 Å². The molecule has 1 aromatic rings. The summed E-state index contributed by atoms with van der Waals surface area (Å²) in [6.45, 7) is 0. The lowest BCUT2D eigenvalue weighted by Gasteiger charge is -1.91. The summed E-state index contributed by atoms with van der Waals surface area (Å²) in [5, 5.41) is 1.80. The van der Waals surface area contributed by atoms with Crippen LogP contribution in [0.15, 0.2) is 17.5 Å². The third-order valence-electron chi connectivity index (χ3n) is 1.06. The van der Waals surface area contributed by atoms with Gasteiger partial charge in [0.1, 0.15) is 5.92 Å². The van der Waals surface area contributed by atoms with Gasteiger partial charge in [-0.25, -0.2) is 0 Å². The van der Waals surface area contributed by atoms with Crippen molar-refractivity contribution in [1.29, 1.82) is 0 Å². The normalized spacial score (nSPS) is 9.70. The Balaban J connectivity index is 2.82. The van der Waals surface area contributed by atoms with Gasteiger partial charge in [-0.05, 0) is 11.4 Å². The summed E-state index contributed by atoms with van der Waals surface area (Å²) in [5.74, 6) is -0.806. The van der Waals surface area contributed by atoms with Crippen molar-refractivity contribution in [2.24, 2.45) is 0 Å². The Morgan fingerprint density at radius 3 is 2.50 bits per heavy atom. The summed E-state index contributed by atoms with van der Waals surface area (Å²) < 4.78 is 0. The average Bonchev–Trinajstić information content (AvgIpc) is 2.43. The largest absolute Gasteiger partial charge is 0.290 e. The Hall–Kier alpha value is -0.960. The lowest BCUT2D eigenvalue weighted by Crippen LogP contribution is -1.97. The molecule has 0 aliphatic carbocycles. The van der Waals surface area contributed by atoms with E-state index < -0.39 is 5.92 Å². The van der Waals surface area contributed by atoms with Crippen LogP contribution in [-0.2, 0) is 9.59 Å². The van der Waals surface area contributed by atoms with E-state index in [2.05, 4.69) is 0 Å². The van der Waals surface area contributed by atoms with Gasteiger partial charge in [0.05, 0.1) is 0 Å². The molecule has 0 spiro atoms. The van der Waals surface area contributed by atoms with Crippen molar-refractivity contribution in [3.05, 3.63) is 22.4 Å². The molecule has 0 saturated carbocycles. The smallest absolute Gasteiger partial charge is 0.215 e. The number of rotatable bonds is 3. The van der Waals surface area contributed by atoms with Gasteiger partial charge in [-0.15, -0.1) is 11.3 Å². The summed E-state index contributed by atoms with van der Waals surface area (Å²) >= 11 is 1.36. The molecule has 0 aliphatic rings. The lowest BCUT2D eigenvalue weighted by molar-refractivity contribution is 0.535. The molecule has 0 atom stereocenters. The van der Waals surface area contributed by atoms with E-state index in [1.807, 2.05) is 0 Å². The zero-order chi connectivity index (χ0) is 7.40. The fourth-order valence-electron chi connectivity index (χ4n) is 0.596. The maximum atomic E-state index is 10.1. The molecule has 50 valence electrons. The Morgan fingerprint density at radius 1 is 1.40 bits per heavy atom. The van der Waals surface area contributed by atoms with Crippen molar-refractivity contribution < 1.29 is 9.59 Å². The van der Waals surface area contributed by atoms with Crippen LogP contribution >= 0.6 is 11.3 Å². The van der Waals surface area contributed by atoms with Crippen molar-refractivity contribution in [1.82, 2.24) is 0 Å². The highest BCUT2D eigenvalue weighted by molar-refractivity contribution is 7.10. The minimum atomic E-state index is -0.806. The first-order chi connectivity index (χ1) is 4.88. The van der Waals surface area contributed by atoms with Crippen molar-refractivity contribution in [3.63, 3.8) is 0 Å². The molecule has 2 nitrogen and oxygen atoms in total. The molecular weight excluding hydrogens is 148 g/mol. The number of thiophene rings is 1. The monoisotopic (exact) mass is 152 g/mol. The molecule has 0 N–H and O–H groups in total. The fourth-order valence-corrected chi connectivity index (χ4v) is 1.30. The van der Waals surface area contributed by atoms with E-state index in [1.165, 1.54) is 11.3 Å². The predicted molar refractivity (Wildman–Crippen MR) is 38.4 cm³/mol. The molecule has 2 radical (unpaired) electrons. The van der Waals surface area contributed by atoms with Gasteiger partial charge in [-0.2, -0.15) is 0 Å². The van der Waals surface area contributed by atoms with Gasteiger partial charge >= 0.3 is 0 Å². The number of hydrogen-bond donors (Lipinski definition) is 0. The van der Waals surface area contributed by atoms with Crippen LogP contribution in [0.1, 0.15) is 10.8 Å². The molecule has 0 aromatic carbocycles. The molecule has 1 aromatic heterocycles. The third-order valence-corrected chi connectivity index (χ3v) is 2.00. The highest BCUT2D eigenvalue weighted by atomic mass is 32.1. The molecule has 0 saturated heterocycles. The molecule has 1 rings (SSSR count). The standard InChI is InChI=1S/C7H4O2S/c8-4-6(5-9)7-2-1-3-10-7/h1-3,6H. The molecule has 0 bridgehead atoms. The summed E-state index contributed by atoms with van der Waals surface area (Å²) in [6.07, 6.45) is 3.18. The highest BCUT2D eigenvalue weighted by Crippen LogP contribution is 2.16. The molecule has 3 heteroatoms. The first-order valence-corrected chi connectivity index (χ1v) is 3.55. The summed E-state index contributed by atoms with van der Waals surface area (Å²) in [5.41, 5.74) is 0. The number of hydrogen-bond acceptors (Lipinski definition) is 3. The molecule has 0 unspecified atom stereocenters. The van der Waals surface area contributed by atoms with Gasteiger partial charge in [0.2, 0.25) is 12.6 Å². The second kappa shape index (κ2) is 3.27. The van der Waals surface area contributed by atoms with E-state index in [1.54, 1.807) is 30.1 Å². The Bertz CT molecular complexity index is 208. The first-order valence-electron chi connectivity index (χ1n) is 2.67. The summed E-state index contributed by atoms with van der Waals surface area (Å²) in [6, 6.07) is 3.49. The van der Waals surface area contributed by atoms with Gasteiger partial charge in [0.15, 0.2) is 0 Å². The van der Waals surface area contributed by atoms with Crippen molar-refractivity contribution in [3.8, 4) is 0 Å². The Morgan fingerprint density at radius 2 is 2.10 bits per heavy atom. The van der Waals surface area contributed by atoms with Crippen LogP contribution in [0.5, 0.6) is 0 Å². The fraction of sp³-hybridized carbons (Fsp3) is 0.143. The zero-order valence-electron chi connectivity index (χ0n) is 5.03. The lowest BCUT2D eigenvalue weighted by atomic mass is 10.2. The van der Waals surface area contributed by atoms with Crippen LogP contribution in [0.2, 0.25) is 0 Å². The van der Waals surface area contributed by atoms with Crippen LogP contribution in [-0.4, -0.2) is 12.6 Å². The second-order valence-corrected chi connectivity index (χ2v) is 2.66. The molecule has 0 fully saturated rings. The third kappa shape index (κ3) is 1.30. The average molecular weight is 152 g/mol. The zero-order valence-corrected chi connectivity index (χ0v) is 5.85. The number of carbonyl (C=O) groups excluding carboxylic acids is 2. The van der Waals surface area contributed by atoms with Gasteiger partial charge in [-0.3, -0.25) is 9.59 Å². The van der Waals surface area contributed by atoms with Crippen LogP contribution < -0.4 is 0 Å². The maximum absolute atomic E-state index is 10.1. The Labute approximate surface area is 62.5 Å². The quantitative estimate of drug-likeness (QED) is 0.607. The van der Waals surface area contributed by atoms with Crippen LogP contribution in [0.4, 0.5) is 0 Å². The first kappa shape index (κ1) is 7.15. The molecule has 1 heterocycles.